The minimum absolute atomic E-state index is 0.203. The van der Waals surface area contributed by atoms with Crippen molar-refractivity contribution in [3.05, 3.63) is 209 Å². The molecular formula is C54H52O11S. The molecule has 340 valence electrons. The van der Waals surface area contributed by atoms with Crippen LogP contribution >= 0.6 is 11.8 Å². The molecule has 2 saturated heterocycles. The van der Waals surface area contributed by atoms with Gasteiger partial charge in [-0.25, -0.2) is 14.4 Å². The Kier molecular flexibility index (Phi) is 15.7. The quantitative estimate of drug-likeness (QED) is 0.0678. The maximum Gasteiger partial charge on any atom is 0.338 e. The van der Waals surface area contributed by atoms with Crippen LogP contribution in [-0.4, -0.2) is 78.5 Å². The Morgan fingerprint density at radius 2 is 0.864 bits per heavy atom. The Hall–Kier alpha value is -6.12. The average molecular weight is 909 g/mol. The van der Waals surface area contributed by atoms with E-state index < -0.39 is 78.5 Å². The van der Waals surface area contributed by atoms with Gasteiger partial charge in [0, 0.05) is 4.90 Å². The van der Waals surface area contributed by atoms with E-state index in [-0.39, 0.29) is 29.9 Å². The number of carbonyl (C=O) groups excluding carboxylic acids is 3. The summed E-state index contributed by atoms with van der Waals surface area (Å²) >= 11 is 1.44. The summed E-state index contributed by atoms with van der Waals surface area (Å²) < 4.78 is 53.2. The molecular weight excluding hydrogens is 857 g/mol. The number of aryl methyl sites for hydroxylation is 1. The number of hydrogen-bond donors (Lipinski definition) is 0. The van der Waals surface area contributed by atoms with Crippen LogP contribution in [0.25, 0.3) is 0 Å². The molecule has 0 bridgehead atoms. The van der Waals surface area contributed by atoms with Crippen molar-refractivity contribution in [2.45, 2.75) is 99.4 Å². The van der Waals surface area contributed by atoms with E-state index in [2.05, 4.69) is 0 Å². The van der Waals surface area contributed by atoms with Crippen molar-refractivity contribution in [1.29, 1.82) is 0 Å². The second-order valence-electron chi connectivity index (χ2n) is 16.2. The maximum atomic E-state index is 14.2. The molecule has 0 N–H and O–H groups in total. The molecule has 66 heavy (non-hydrogen) atoms. The zero-order valence-corrected chi connectivity index (χ0v) is 37.6. The molecule has 0 spiro atoms. The minimum Gasteiger partial charge on any atom is -0.452 e. The Morgan fingerprint density at radius 1 is 0.455 bits per heavy atom. The number of rotatable bonds is 16. The fraction of sp³-hybridized carbons (Fsp3) is 0.278. The van der Waals surface area contributed by atoms with E-state index in [0.717, 1.165) is 21.6 Å². The lowest BCUT2D eigenvalue weighted by Crippen LogP contribution is -2.65. The van der Waals surface area contributed by atoms with Gasteiger partial charge in [0.25, 0.3) is 0 Å². The van der Waals surface area contributed by atoms with Crippen LogP contribution in [0, 0.1) is 6.92 Å². The third-order valence-electron chi connectivity index (χ3n) is 11.3. The number of thioether (sulfide) groups is 1. The molecule has 0 unspecified atom stereocenters. The van der Waals surface area contributed by atoms with E-state index in [1.807, 2.05) is 98.8 Å². The van der Waals surface area contributed by atoms with Crippen LogP contribution in [0.2, 0.25) is 0 Å². The second kappa shape index (κ2) is 22.4. The lowest BCUT2D eigenvalue weighted by Gasteiger charge is -2.49. The van der Waals surface area contributed by atoms with E-state index in [1.165, 1.54) is 11.8 Å². The monoisotopic (exact) mass is 908 g/mol. The largest absolute Gasteiger partial charge is 0.452 e. The van der Waals surface area contributed by atoms with Gasteiger partial charge in [0.2, 0.25) is 0 Å². The number of benzene rings is 6. The molecule has 0 saturated carbocycles. The van der Waals surface area contributed by atoms with Gasteiger partial charge in [-0.1, -0.05) is 145 Å². The molecule has 0 aromatic heterocycles. The van der Waals surface area contributed by atoms with Crippen molar-refractivity contribution in [3.63, 3.8) is 0 Å². The molecule has 10 atom stereocenters. The Morgan fingerprint density at radius 3 is 1.35 bits per heavy atom. The first-order valence-electron chi connectivity index (χ1n) is 22.0. The summed E-state index contributed by atoms with van der Waals surface area (Å²) in [5.74, 6) is -2.18. The van der Waals surface area contributed by atoms with Gasteiger partial charge in [-0.2, -0.15) is 0 Å². The first kappa shape index (κ1) is 46.4. The molecule has 0 radical (unpaired) electrons. The Labute approximate surface area is 389 Å². The van der Waals surface area contributed by atoms with Gasteiger partial charge < -0.3 is 37.9 Å². The molecule has 8 rings (SSSR count). The first-order valence-corrected chi connectivity index (χ1v) is 22.9. The number of ether oxygens (including phenoxy) is 8. The summed E-state index contributed by atoms with van der Waals surface area (Å²) in [4.78, 5) is 43.0. The molecule has 0 amide bonds. The minimum atomic E-state index is -1.50. The molecule has 2 aliphatic rings. The van der Waals surface area contributed by atoms with Gasteiger partial charge >= 0.3 is 17.9 Å². The third kappa shape index (κ3) is 11.8. The van der Waals surface area contributed by atoms with E-state index in [0.29, 0.717) is 0 Å². The van der Waals surface area contributed by atoms with Crippen LogP contribution in [0.5, 0.6) is 0 Å². The van der Waals surface area contributed by atoms with E-state index in [9.17, 15) is 14.4 Å². The van der Waals surface area contributed by atoms with Gasteiger partial charge in [-0.05, 0) is 80.4 Å². The topological polar surface area (TPSA) is 125 Å². The summed E-state index contributed by atoms with van der Waals surface area (Å²) in [5.41, 5.74) is 2.95. The van der Waals surface area contributed by atoms with Gasteiger partial charge in [0.05, 0.1) is 42.1 Å². The molecule has 6 aromatic rings. The molecule has 6 aromatic carbocycles. The molecule has 0 aliphatic carbocycles. The van der Waals surface area contributed by atoms with Crippen LogP contribution in [0.1, 0.15) is 61.6 Å². The maximum absolute atomic E-state index is 14.2. The summed E-state index contributed by atoms with van der Waals surface area (Å²) in [6.45, 7) is 6.11. The van der Waals surface area contributed by atoms with Gasteiger partial charge in [-0.15, -0.1) is 0 Å². The van der Waals surface area contributed by atoms with Gasteiger partial charge in [-0.3, -0.25) is 0 Å². The Balaban J connectivity index is 1.20. The van der Waals surface area contributed by atoms with Crippen LogP contribution < -0.4 is 0 Å². The smallest absolute Gasteiger partial charge is 0.338 e. The number of esters is 3. The second-order valence-corrected chi connectivity index (χ2v) is 17.4. The van der Waals surface area contributed by atoms with Gasteiger partial charge in [0.1, 0.15) is 23.7 Å². The molecule has 11 nitrogen and oxygen atoms in total. The summed E-state index contributed by atoms with van der Waals surface area (Å²) in [6.07, 6.45) is -9.55. The Bertz CT molecular complexity index is 2460. The van der Waals surface area contributed by atoms with E-state index >= 15 is 0 Å². The van der Waals surface area contributed by atoms with Gasteiger partial charge in [0.15, 0.2) is 24.6 Å². The standard InChI is InChI=1S/C54H52O11S/c1-35-29-31-43(32-30-35)66-54-49(46(59-34-39-21-11-5-12-22-39)44(36(2)61-54)58-33-38-19-9-4-10-20-38)65-53-48(64-52(57)42-27-17-8-18-28-42)47(63-51(56)41-25-15-7-16-26-41)45(37(3)60-53)62-50(55)40-23-13-6-14-24-40/h4-32,36-37,44-49,53-54H,33-34H2,1-3H3/t36-,37-,44-,45-,46+,47+,48+,49+,53-,54-/m0/s1. The normalized spacial score (nSPS) is 25.0. The highest BCUT2D eigenvalue weighted by Crippen LogP contribution is 2.41. The molecule has 2 heterocycles. The molecule has 2 aliphatic heterocycles. The van der Waals surface area contributed by atoms with Crippen LogP contribution in [0.4, 0.5) is 0 Å². The lowest BCUT2D eigenvalue weighted by molar-refractivity contribution is -0.332. The number of hydrogen-bond acceptors (Lipinski definition) is 12. The number of carbonyl (C=O) groups is 3. The zero-order valence-electron chi connectivity index (χ0n) is 36.8. The fourth-order valence-corrected chi connectivity index (χ4v) is 9.02. The summed E-state index contributed by atoms with van der Waals surface area (Å²) in [7, 11) is 0. The van der Waals surface area contributed by atoms with E-state index in [4.69, 9.17) is 37.9 Å². The predicted molar refractivity (Wildman–Crippen MR) is 248 cm³/mol. The van der Waals surface area contributed by atoms with Crippen molar-refractivity contribution in [1.82, 2.24) is 0 Å². The predicted octanol–water partition coefficient (Wildman–Crippen LogP) is 9.81. The van der Waals surface area contributed by atoms with Crippen molar-refractivity contribution in [3.8, 4) is 0 Å². The third-order valence-corrected chi connectivity index (χ3v) is 12.5. The average Bonchev–Trinajstić information content (AvgIpc) is 3.35. The lowest BCUT2D eigenvalue weighted by atomic mass is 9.97. The van der Waals surface area contributed by atoms with Crippen molar-refractivity contribution in [2.24, 2.45) is 0 Å². The van der Waals surface area contributed by atoms with Crippen molar-refractivity contribution in [2.75, 3.05) is 0 Å². The molecule has 12 heteroatoms. The summed E-state index contributed by atoms with van der Waals surface area (Å²) in [6, 6.07) is 52.9. The van der Waals surface area contributed by atoms with E-state index in [1.54, 1.807) is 97.9 Å². The highest BCUT2D eigenvalue weighted by molar-refractivity contribution is 7.99. The highest BCUT2D eigenvalue weighted by Gasteiger charge is 2.55. The van der Waals surface area contributed by atoms with Crippen molar-refractivity contribution >= 4 is 29.7 Å². The first-order chi connectivity index (χ1) is 32.2. The van der Waals surface area contributed by atoms with Crippen LogP contribution in [0.15, 0.2) is 181 Å². The SMILES string of the molecule is Cc1ccc(S[C@@H]2O[C@@H](C)[C@H](OCc3ccccc3)[C@@H](OCc3ccccc3)[C@H]2O[C@@H]2O[C@@H](C)[C@H](OC(=O)c3ccccc3)[C@@H](OC(=O)c3ccccc3)[C@H]2OC(=O)c2ccccc2)cc1. The van der Waals surface area contributed by atoms with Crippen LogP contribution in [0.3, 0.4) is 0 Å². The molecule has 2 fully saturated rings. The highest BCUT2D eigenvalue weighted by atomic mass is 32.2. The summed E-state index contributed by atoms with van der Waals surface area (Å²) in [5, 5.41) is 0. The zero-order chi connectivity index (χ0) is 45.8. The van der Waals surface area contributed by atoms with Crippen molar-refractivity contribution < 1.29 is 52.3 Å². The van der Waals surface area contributed by atoms with Crippen LogP contribution in [-0.2, 0) is 51.1 Å². The fourth-order valence-electron chi connectivity index (χ4n) is 7.87.